The molecule has 13 heavy (non-hydrogen) atoms. The minimum absolute atomic E-state index is 0.179. The predicted octanol–water partition coefficient (Wildman–Crippen LogP) is 1.60. The summed E-state index contributed by atoms with van der Waals surface area (Å²) < 4.78 is 0. The van der Waals surface area contributed by atoms with Gasteiger partial charge in [0.1, 0.15) is 0 Å². The number of hydrogen-bond acceptors (Lipinski definition) is 2. The van der Waals surface area contributed by atoms with Gasteiger partial charge in [0, 0.05) is 18.6 Å². The summed E-state index contributed by atoms with van der Waals surface area (Å²) in [5, 5.41) is 0. The summed E-state index contributed by atoms with van der Waals surface area (Å²) in [4.78, 5) is 2.52. The van der Waals surface area contributed by atoms with Gasteiger partial charge >= 0.3 is 0 Å². The van der Waals surface area contributed by atoms with E-state index in [2.05, 4.69) is 11.8 Å². The molecule has 0 unspecified atom stereocenters. The van der Waals surface area contributed by atoms with E-state index in [1.807, 2.05) is 0 Å². The Morgan fingerprint density at radius 2 is 2.08 bits per heavy atom. The van der Waals surface area contributed by atoms with Crippen molar-refractivity contribution in [2.45, 2.75) is 44.6 Å². The maximum Gasteiger partial charge on any atom is 0.0412 e. The molecule has 0 bridgehead atoms. The molecule has 0 aromatic rings. The molecule has 2 fully saturated rings. The van der Waals surface area contributed by atoms with Crippen molar-refractivity contribution in [3.05, 3.63) is 0 Å². The van der Waals surface area contributed by atoms with Gasteiger partial charge in [-0.1, -0.05) is 26.2 Å². The first kappa shape index (κ1) is 9.47. The van der Waals surface area contributed by atoms with E-state index >= 15 is 0 Å². The van der Waals surface area contributed by atoms with E-state index in [1.54, 1.807) is 0 Å². The zero-order valence-electron chi connectivity index (χ0n) is 8.76. The smallest absolute Gasteiger partial charge is 0.0412 e. The Bertz CT molecular complexity index is 169. The lowest BCUT2D eigenvalue weighted by atomic mass is 9.86. The van der Waals surface area contributed by atoms with Crippen molar-refractivity contribution in [2.75, 3.05) is 19.6 Å². The molecule has 0 aromatic carbocycles. The second kappa shape index (κ2) is 3.58. The Morgan fingerprint density at radius 3 is 2.62 bits per heavy atom. The Kier molecular flexibility index (Phi) is 2.61. The normalized spacial score (nSPS) is 27.2. The quantitative estimate of drug-likeness (QED) is 0.700. The van der Waals surface area contributed by atoms with E-state index in [0.717, 1.165) is 19.0 Å². The zero-order valence-corrected chi connectivity index (χ0v) is 8.76. The lowest BCUT2D eigenvalue weighted by molar-refractivity contribution is 0.0615. The summed E-state index contributed by atoms with van der Waals surface area (Å²) in [5.74, 6) is 1.07. The molecule has 2 heteroatoms. The molecule has 0 spiro atoms. The lowest BCUT2D eigenvalue weighted by Gasteiger charge is -2.48. The highest BCUT2D eigenvalue weighted by Gasteiger charge is 2.38. The molecule has 0 aromatic heterocycles. The van der Waals surface area contributed by atoms with Crippen molar-refractivity contribution in [1.29, 1.82) is 0 Å². The van der Waals surface area contributed by atoms with E-state index in [-0.39, 0.29) is 5.54 Å². The average molecular weight is 182 g/mol. The molecule has 1 aliphatic carbocycles. The van der Waals surface area contributed by atoms with Gasteiger partial charge in [-0.05, 0) is 25.3 Å². The highest BCUT2D eigenvalue weighted by Crippen LogP contribution is 2.33. The van der Waals surface area contributed by atoms with Gasteiger partial charge in [-0.3, -0.25) is 4.90 Å². The van der Waals surface area contributed by atoms with Gasteiger partial charge in [0.05, 0.1) is 0 Å². The van der Waals surface area contributed by atoms with Gasteiger partial charge in [-0.2, -0.15) is 0 Å². The first-order valence-corrected chi connectivity index (χ1v) is 5.73. The van der Waals surface area contributed by atoms with E-state index in [0.29, 0.717) is 0 Å². The number of likely N-dealkylation sites (tertiary alicyclic amines) is 1. The van der Waals surface area contributed by atoms with Crippen LogP contribution in [0.15, 0.2) is 0 Å². The summed E-state index contributed by atoms with van der Waals surface area (Å²) in [6.07, 6.45) is 6.81. The minimum Gasteiger partial charge on any atom is -0.323 e. The molecule has 1 saturated carbocycles. The second-order valence-corrected chi connectivity index (χ2v) is 5.06. The standard InChI is InChI=1S/C11H22N2/c1-2-6-11(12)8-13(9-11)7-5-10-3-4-10/h10H,2-9,12H2,1H3. The van der Waals surface area contributed by atoms with Crippen LogP contribution in [0.2, 0.25) is 0 Å². The fraction of sp³-hybridized carbons (Fsp3) is 1.00. The molecule has 0 amide bonds. The maximum atomic E-state index is 6.18. The third kappa shape index (κ3) is 2.44. The van der Waals surface area contributed by atoms with Crippen molar-refractivity contribution in [3.63, 3.8) is 0 Å². The summed E-state index contributed by atoms with van der Waals surface area (Å²) in [5.41, 5.74) is 6.36. The molecule has 0 radical (unpaired) electrons. The van der Waals surface area contributed by atoms with Crippen LogP contribution in [0, 0.1) is 5.92 Å². The Hall–Kier alpha value is -0.0800. The van der Waals surface area contributed by atoms with Gasteiger partial charge in [0.25, 0.3) is 0 Å². The van der Waals surface area contributed by atoms with Gasteiger partial charge < -0.3 is 5.73 Å². The van der Waals surface area contributed by atoms with Gasteiger partial charge in [-0.25, -0.2) is 0 Å². The van der Waals surface area contributed by atoms with Crippen LogP contribution in [0.25, 0.3) is 0 Å². The van der Waals surface area contributed by atoms with E-state index in [4.69, 9.17) is 5.73 Å². The summed E-state index contributed by atoms with van der Waals surface area (Å²) in [6, 6.07) is 0. The highest BCUT2D eigenvalue weighted by atomic mass is 15.2. The van der Waals surface area contributed by atoms with Crippen molar-refractivity contribution in [2.24, 2.45) is 11.7 Å². The maximum absolute atomic E-state index is 6.18. The fourth-order valence-corrected chi connectivity index (χ4v) is 2.43. The van der Waals surface area contributed by atoms with E-state index in [9.17, 15) is 0 Å². The van der Waals surface area contributed by atoms with Crippen molar-refractivity contribution in [1.82, 2.24) is 4.90 Å². The molecule has 0 atom stereocenters. The monoisotopic (exact) mass is 182 g/mol. The molecule has 2 aliphatic rings. The number of nitrogens with two attached hydrogens (primary N) is 1. The van der Waals surface area contributed by atoms with Crippen LogP contribution in [-0.2, 0) is 0 Å². The number of nitrogens with zero attached hydrogens (tertiary/aromatic N) is 1. The first-order chi connectivity index (χ1) is 6.22. The minimum atomic E-state index is 0.179. The van der Waals surface area contributed by atoms with Crippen LogP contribution in [0.5, 0.6) is 0 Å². The number of hydrogen-bond donors (Lipinski definition) is 1. The van der Waals surface area contributed by atoms with Crippen molar-refractivity contribution < 1.29 is 0 Å². The summed E-state index contributed by atoms with van der Waals surface area (Å²) in [7, 11) is 0. The molecule has 2 nitrogen and oxygen atoms in total. The van der Waals surface area contributed by atoms with E-state index in [1.165, 1.54) is 38.6 Å². The first-order valence-electron chi connectivity index (χ1n) is 5.73. The Morgan fingerprint density at radius 1 is 1.38 bits per heavy atom. The van der Waals surface area contributed by atoms with Crippen molar-refractivity contribution >= 4 is 0 Å². The van der Waals surface area contributed by atoms with Crippen LogP contribution in [-0.4, -0.2) is 30.1 Å². The van der Waals surface area contributed by atoms with Crippen LogP contribution in [0.3, 0.4) is 0 Å². The van der Waals surface area contributed by atoms with Gasteiger partial charge in [0.15, 0.2) is 0 Å². The molecule has 2 N–H and O–H groups in total. The lowest BCUT2D eigenvalue weighted by Crippen LogP contribution is -2.67. The van der Waals surface area contributed by atoms with Crippen LogP contribution in [0.4, 0.5) is 0 Å². The topological polar surface area (TPSA) is 29.3 Å². The van der Waals surface area contributed by atoms with Gasteiger partial charge in [-0.15, -0.1) is 0 Å². The molecule has 76 valence electrons. The molecule has 1 aliphatic heterocycles. The van der Waals surface area contributed by atoms with Crippen LogP contribution in [0.1, 0.15) is 39.0 Å². The molecule has 1 heterocycles. The third-order valence-electron chi connectivity index (χ3n) is 3.38. The average Bonchev–Trinajstić information content (AvgIpc) is 2.80. The van der Waals surface area contributed by atoms with Crippen LogP contribution >= 0.6 is 0 Å². The Labute approximate surface area is 81.5 Å². The summed E-state index contributed by atoms with van der Waals surface area (Å²) >= 11 is 0. The molecular weight excluding hydrogens is 160 g/mol. The van der Waals surface area contributed by atoms with Gasteiger partial charge in [0.2, 0.25) is 0 Å². The second-order valence-electron chi connectivity index (χ2n) is 5.06. The largest absolute Gasteiger partial charge is 0.323 e. The number of rotatable bonds is 5. The summed E-state index contributed by atoms with van der Waals surface area (Å²) in [6.45, 7) is 5.82. The Balaban J connectivity index is 1.59. The predicted molar refractivity (Wildman–Crippen MR) is 55.6 cm³/mol. The molecule has 2 rings (SSSR count). The van der Waals surface area contributed by atoms with E-state index < -0.39 is 0 Å². The molecule has 1 saturated heterocycles. The third-order valence-corrected chi connectivity index (χ3v) is 3.38. The van der Waals surface area contributed by atoms with Crippen LogP contribution < -0.4 is 5.73 Å². The SMILES string of the molecule is CCCC1(N)CN(CCC2CC2)C1. The highest BCUT2D eigenvalue weighted by molar-refractivity contribution is 4.99. The zero-order chi connectivity index (χ0) is 9.31. The fourth-order valence-electron chi connectivity index (χ4n) is 2.43. The molecular formula is C11H22N2. The van der Waals surface area contributed by atoms with Crippen molar-refractivity contribution in [3.8, 4) is 0 Å².